The van der Waals surface area contributed by atoms with Gasteiger partial charge in [0, 0.05) is 24.8 Å². The van der Waals surface area contributed by atoms with E-state index in [1.165, 1.54) is 4.90 Å². The van der Waals surface area contributed by atoms with Gasteiger partial charge >= 0.3 is 0 Å². The predicted octanol–water partition coefficient (Wildman–Crippen LogP) is 1.39. The quantitative estimate of drug-likeness (QED) is 0.550. The fraction of sp³-hybridized carbons (Fsp3) is 0.769. The summed E-state index contributed by atoms with van der Waals surface area (Å²) in [7, 11) is 0. The lowest BCUT2D eigenvalue weighted by Gasteiger charge is -2.28. The first kappa shape index (κ1) is 12.3. The molecular weight excluding hydrogens is 218 g/mol. The summed E-state index contributed by atoms with van der Waals surface area (Å²) < 4.78 is 0. The first-order chi connectivity index (χ1) is 8.11. The Balaban J connectivity index is 1.88. The van der Waals surface area contributed by atoms with Crippen LogP contribution >= 0.6 is 0 Å². The third kappa shape index (κ3) is 2.56. The summed E-state index contributed by atoms with van der Waals surface area (Å²) in [5, 5.41) is 0. The molecule has 4 heteroatoms. The molecule has 2 fully saturated rings. The summed E-state index contributed by atoms with van der Waals surface area (Å²) in [4.78, 5) is 35.5. The maximum Gasteiger partial charge on any atom is 0.232 e. The van der Waals surface area contributed by atoms with Crippen molar-refractivity contribution in [3.05, 3.63) is 0 Å². The van der Waals surface area contributed by atoms with Crippen LogP contribution in [0.4, 0.5) is 0 Å². The number of aldehydes is 1. The fourth-order valence-electron chi connectivity index (χ4n) is 2.81. The molecule has 1 unspecified atom stereocenters. The van der Waals surface area contributed by atoms with E-state index in [0.29, 0.717) is 18.9 Å². The lowest BCUT2D eigenvalue weighted by Crippen LogP contribution is -2.36. The van der Waals surface area contributed by atoms with E-state index in [1.54, 1.807) is 0 Å². The Kier molecular flexibility index (Phi) is 3.60. The molecule has 94 valence electrons. The van der Waals surface area contributed by atoms with Gasteiger partial charge in [-0.3, -0.25) is 14.5 Å². The van der Waals surface area contributed by atoms with Crippen LogP contribution in [0.15, 0.2) is 0 Å². The van der Waals surface area contributed by atoms with Crippen molar-refractivity contribution < 1.29 is 14.4 Å². The van der Waals surface area contributed by atoms with Gasteiger partial charge in [-0.2, -0.15) is 0 Å². The molecule has 0 spiro atoms. The number of likely N-dealkylation sites (tertiary alicyclic amines) is 1. The van der Waals surface area contributed by atoms with Crippen molar-refractivity contribution in [1.82, 2.24) is 4.90 Å². The zero-order chi connectivity index (χ0) is 12.4. The smallest absolute Gasteiger partial charge is 0.232 e. The second kappa shape index (κ2) is 4.98. The Bertz CT molecular complexity index is 332. The zero-order valence-electron chi connectivity index (χ0n) is 10.2. The number of hydrogen-bond donors (Lipinski definition) is 0. The van der Waals surface area contributed by atoms with Gasteiger partial charge in [-0.25, -0.2) is 0 Å². The van der Waals surface area contributed by atoms with Crippen LogP contribution < -0.4 is 0 Å². The Morgan fingerprint density at radius 2 is 1.88 bits per heavy atom. The van der Waals surface area contributed by atoms with Gasteiger partial charge in [0.2, 0.25) is 11.8 Å². The molecule has 1 saturated heterocycles. The van der Waals surface area contributed by atoms with Gasteiger partial charge in [0.1, 0.15) is 6.29 Å². The lowest BCUT2D eigenvalue weighted by atomic mass is 9.82. The predicted molar refractivity (Wildman–Crippen MR) is 62.0 cm³/mol. The highest BCUT2D eigenvalue weighted by molar-refractivity contribution is 6.03. The average Bonchev–Trinajstić information content (AvgIpc) is 2.57. The summed E-state index contributed by atoms with van der Waals surface area (Å²) in [6, 6.07) is 0. The SMILES string of the molecule is CC1CC(=O)N(CC2CCC(C=O)CC2)C1=O. The summed E-state index contributed by atoms with van der Waals surface area (Å²) in [6.45, 7) is 2.37. The van der Waals surface area contributed by atoms with Crippen LogP contribution in [0.2, 0.25) is 0 Å². The molecule has 1 aliphatic heterocycles. The Morgan fingerprint density at radius 3 is 2.35 bits per heavy atom. The molecule has 2 aliphatic rings. The third-order valence-corrected chi connectivity index (χ3v) is 3.99. The summed E-state index contributed by atoms with van der Waals surface area (Å²) >= 11 is 0. The van der Waals surface area contributed by atoms with E-state index in [1.807, 2.05) is 6.92 Å². The number of carbonyl (C=O) groups excluding carboxylic acids is 3. The highest BCUT2D eigenvalue weighted by atomic mass is 16.2. The van der Waals surface area contributed by atoms with E-state index in [4.69, 9.17) is 0 Å². The minimum atomic E-state index is -0.145. The van der Waals surface area contributed by atoms with Gasteiger partial charge in [0.25, 0.3) is 0 Å². The van der Waals surface area contributed by atoms with Crippen molar-refractivity contribution in [1.29, 1.82) is 0 Å². The summed E-state index contributed by atoms with van der Waals surface area (Å²) in [5.74, 6) is 0.390. The molecule has 2 rings (SSSR count). The van der Waals surface area contributed by atoms with Gasteiger partial charge in [-0.1, -0.05) is 6.92 Å². The van der Waals surface area contributed by atoms with Crippen LogP contribution in [-0.2, 0) is 14.4 Å². The second-order valence-electron chi connectivity index (χ2n) is 5.36. The van der Waals surface area contributed by atoms with Crippen molar-refractivity contribution in [3.63, 3.8) is 0 Å². The van der Waals surface area contributed by atoms with E-state index >= 15 is 0 Å². The molecule has 1 heterocycles. The van der Waals surface area contributed by atoms with Crippen LogP contribution in [0.5, 0.6) is 0 Å². The number of nitrogens with zero attached hydrogens (tertiary/aromatic N) is 1. The second-order valence-corrected chi connectivity index (χ2v) is 5.36. The number of amides is 2. The van der Waals surface area contributed by atoms with Crippen molar-refractivity contribution in [3.8, 4) is 0 Å². The van der Waals surface area contributed by atoms with Crippen molar-refractivity contribution >= 4 is 18.1 Å². The van der Waals surface area contributed by atoms with Crippen LogP contribution in [-0.4, -0.2) is 29.5 Å². The topological polar surface area (TPSA) is 54.5 Å². The molecule has 2 amide bonds. The van der Waals surface area contributed by atoms with E-state index < -0.39 is 0 Å². The van der Waals surface area contributed by atoms with Crippen LogP contribution in [0.25, 0.3) is 0 Å². The standard InChI is InChI=1S/C13H19NO3/c1-9-6-12(16)14(13(9)17)7-10-2-4-11(8-15)5-3-10/h8-11H,2-7H2,1H3. The van der Waals surface area contributed by atoms with Gasteiger partial charge < -0.3 is 4.79 Å². The Morgan fingerprint density at radius 1 is 1.24 bits per heavy atom. The molecule has 0 aromatic carbocycles. The third-order valence-electron chi connectivity index (χ3n) is 3.99. The molecule has 0 aromatic rings. The number of carbonyl (C=O) groups is 3. The summed E-state index contributed by atoms with van der Waals surface area (Å²) in [5.41, 5.74) is 0. The van der Waals surface area contributed by atoms with Gasteiger partial charge in [0.15, 0.2) is 0 Å². The molecule has 1 aliphatic carbocycles. The van der Waals surface area contributed by atoms with Crippen LogP contribution in [0, 0.1) is 17.8 Å². The first-order valence-corrected chi connectivity index (χ1v) is 6.41. The monoisotopic (exact) mass is 237 g/mol. The van der Waals surface area contributed by atoms with Crippen LogP contribution in [0.3, 0.4) is 0 Å². The van der Waals surface area contributed by atoms with Crippen molar-refractivity contribution in [2.24, 2.45) is 17.8 Å². The molecule has 1 atom stereocenters. The largest absolute Gasteiger partial charge is 0.303 e. The summed E-state index contributed by atoms with van der Waals surface area (Å²) in [6.07, 6.45) is 5.11. The Hall–Kier alpha value is -1.19. The van der Waals surface area contributed by atoms with E-state index in [2.05, 4.69) is 0 Å². The lowest BCUT2D eigenvalue weighted by molar-refractivity contribution is -0.140. The number of rotatable bonds is 3. The minimum Gasteiger partial charge on any atom is -0.303 e. The molecule has 1 saturated carbocycles. The first-order valence-electron chi connectivity index (χ1n) is 6.41. The number of imide groups is 1. The molecule has 0 bridgehead atoms. The fourth-order valence-corrected chi connectivity index (χ4v) is 2.81. The van der Waals surface area contributed by atoms with Crippen molar-refractivity contribution in [2.45, 2.75) is 39.0 Å². The molecule has 0 aromatic heterocycles. The van der Waals surface area contributed by atoms with Gasteiger partial charge in [-0.05, 0) is 31.6 Å². The molecular formula is C13H19NO3. The zero-order valence-corrected chi connectivity index (χ0v) is 10.2. The molecule has 0 radical (unpaired) electrons. The van der Waals surface area contributed by atoms with Crippen molar-refractivity contribution in [2.75, 3.05) is 6.54 Å². The maximum absolute atomic E-state index is 11.8. The molecule has 17 heavy (non-hydrogen) atoms. The average molecular weight is 237 g/mol. The normalized spacial score (nSPS) is 34.2. The van der Waals surface area contributed by atoms with Crippen LogP contribution in [0.1, 0.15) is 39.0 Å². The van der Waals surface area contributed by atoms with E-state index in [-0.39, 0.29) is 23.7 Å². The van der Waals surface area contributed by atoms with Gasteiger partial charge in [-0.15, -0.1) is 0 Å². The minimum absolute atomic E-state index is 0.0208. The molecule has 0 N–H and O–H groups in total. The number of hydrogen-bond acceptors (Lipinski definition) is 3. The van der Waals surface area contributed by atoms with Gasteiger partial charge in [0.05, 0.1) is 0 Å². The highest BCUT2D eigenvalue weighted by Crippen LogP contribution is 2.30. The van der Waals surface area contributed by atoms with E-state index in [9.17, 15) is 14.4 Å². The molecule has 4 nitrogen and oxygen atoms in total. The maximum atomic E-state index is 11.8. The highest BCUT2D eigenvalue weighted by Gasteiger charge is 2.37. The Labute approximate surface area is 101 Å². The van der Waals surface area contributed by atoms with E-state index in [0.717, 1.165) is 32.0 Å².